The maximum atomic E-state index is 12.6. The number of likely N-dealkylation sites (N-methyl/N-ethyl adjacent to an activating group) is 1. The standard InChI is InChI=1S/C19H17ClN2O3S/c1-22-18(23)16(11-12-5-4-6-15(24-2)17(12)25-3)26-19(22)21-14-9-7-13(20)8-10-14/h4-11H,1-3H3/b16-11-,21-19?. The monoisotopic (exact) mass is 388 g/mol. The fourth-order valence-electron chi connectivity index (χ4n) is 2.44. The molecule has 0 aromatic heterocycles. The van der Waals surface area contributed by atoms with E-state index in [1.54, 1.807) is 51.6 Å². The molecule has 0 radical (unpaired) electrons. The predicted octanol–water partition coefficient (Wildman–Crippen LogP) is 4.59. The fourth-order valence-corrected chi connectivity index (χ4v) is 3.55. The molecule has 5 nitrogen and oxygen atoms in total. The highest BCUT2D eigenvalue weighted by atomic mass is 35.5. The molecule has 0 aliphatic carbocycles. The molecule has 1 heterocycles. The smallest absolute Gasteiger partial charge is 0.266 e. The van der Waals surface area contributed by atoms with E-state index in [4.69, 9.17) is 21.1 Å². The summed E-state index contributed by atoms with van der Waals surface area (Å²) in [5.74, 6) is 1.08. The summed E-state index contributed by atoms with van der Waals surface area (Å²) in [5, 5.41) is 1.24. The van der Waals surface area contributed by atoms with Crippen molar-refractivity contribution in [1.82, 2.24) is 4.90 Å². The van der Waals surface area contributed by atoms with E-state index in [2.05, 4.69) is 4.99 Å². The molecule has 0 bridgehead atoms. The van der Waals surface area contributed by atoms with Crippen LogP contribution < -0.4 is 9.47 Å². The van der Waals surface area contributed by atoms with Crippen LogP contribution in [0, 0.1) is 0 Å². The normalized spacial score (nSPS) is 17.2. The summed E-state index contributed by atoms with van der Waals surface area (Å²) in [6, 6.07) is 12.7. The highest BCUT2D eigenvalue weighted by Crippen LogP contribution is 2.37. The van der Waals surface area contributed by atoms with Crippen LogP contribution in [0.15, 0.2) is 52.4 Å². The number of hydrogen-bond donors (Lipinski definition) is 0. The topological polar surface area (TPSA) is 51.1 Å². The van der Waals surface area contributed by atoms with E-state index in [-0.39, 0.29) is 5.91 Å². The van der Waals surface area contributed by atoms with Crippen LogP contribution in [0.3, 0.4) is 0 Å². The van der Waals surface area contributed by atoms with Crippen LogP contribution in [0.1, 0.15) is 5.56 Å². The van der Waals surface area contributed by atoms with Crippen LogP contribution in [-0.2, 0) is 4.79 Å². The summed E-state index contributed by atoms with van der Waals surface area (Å²) < 4.78 is 10.7. The maximum Gasteiger partial charge on any atom is 0.266 e. The van der Waals surface area contributed by atoms with E-state index in [0.29, 0.717) is 26.6 Å². The molecule has 3 rings (SSSR count). The zero-order chi connectivity index (χ0) is 18.7. The van der Waals surface area contributed by atoms with E-state index in [0.717, 1.165) is 11.3 Å². The lowest BCUT2D eigenvalue weighted by Gasteiger charge is -2.10. The molecule has 1 amide bonds. The molecular weight excluding hydrogens is 372 g/mol. The van der Waals surface area contributed by atoms with Crippen LogP contribution >= 0.6 is 23.4 Å². The van der Waals surface area contributed by atoms with E-state index in [1.165, 1.54) is 16.7 Å². The van der Waals surface area contributed by atoms with Crippen molar-refractivity contribution in [2.45, 2.75) is 0 Å². The van der Waals surface area contributed by atoms with Crippen molar-refractivity contribution >= 4 is 46.2 Å². The van der Waals surface area contributed by atoms with Crippen LogP contribution in [0.25, 0.3) is 6.08 Å². The quantitative estimate of drug-likeness (QED) is 0.719. The number of amides is 1. The van der Waals surface area contributed by atoms with E-state index in [9.17, 15) is 4.79 Å². The number of ether oxygens (including phenoxy) is 2. The number of halogens is 1. The Morgan fingerprint density at radius 2 is 1.85 bits per heavy atom. The highest BCUT2D eigenvalue weighted by molar-refractivity contribution is 8.18. The molecule has 0 spiro atoms. The summed E-state index contributed by atoms with van der Waals surface area (Å²) in [5.41, 5.74) is 1.50. The van der Waals surface area contributed by atoms with Crippen molar-refractivity contribution in [3.63, 3.8) is 0 Å². The van der Waals surface area contributed by atoms with Gasteiger partial charge in [0, 0.05) is 17.6 Å². The second-order valence-electron chi connectivity index (χ2n) is 5.43. The lowest BCUT2D eigenvalue weighted by Crippen LogP contribution is -2.23. The van der Waals surface area contributed by atoms with Crippen LogP contribution in [-0.4, -0.2) is 37.2 Å². The molecule has 7 heteroatoms. The largest absolute Gasteiger partial charge is 0.493 e. The van der Waals surface area contributed by atoms with Gasteiger partial charge in [-0.15, -0.1) is 0 Å². The molecule has 0 N–H and O–H groups in total. The molecule has 1 aliphatic heterocycles. The Kier molecular flexibility index (Phi) is 5.54. The number of hydrogen-bond acceptors (Lipinski definition) is 5. The number of benzene rings is 2. The Labute approximate surface area is 161 Å². The number of aliphatic imine (C=N–C) groups is 1. The van der Waals surface area contributed by atoms with Gasteiger partial charge in [0.2, 0.25) is 0 Å². The van der Waals surface area contributed by atoms with Gasteiger partial charge in [0.25, 0.3) is 5.91 Å². The number of nitrogens with zero attached hydrogens (tertiary/aromatic N) is 2. The SMILES string of the molecule is COc1cccc(/C=C2\SC(=Nc3ccc(Cl)cc3)N(C)C2=O)c1OC. The van der Waals surface area contributed by atoms with E-state index in [1.807, 2.05) is 18.2 Å². The van der Waals surface area contributed by atoms with Gasteiger partial charge in [-0.3, -0.25) is 9.69 Å². The zero-order valence-corrected chi connectivity index (χ0v) is 16.1. The predicted molar refractivity (Wildman–Crippen MR) is 106 cm³/mol. The van der Waals surface area contributed by atoms with Gasteiger partial charge in [-0.25, -0.2) is 4.99 Å². The summed E-state index contributed by atoms with van der Waals surface area (Å²) in [7, 11) is 4.85. The van der Waals surface area contributed by atoms with Crippen molar-refractivity contribution in [3.8, 4) is 11.5 Å². The Morgan fingerprint density at radius 3 is 2.50 bits per heavy atom. The number of thioether (sulfide) groups is 1. The summed E-state index contributed by atoms with van der Waals surface area (Å²) >= 11 is 7.21. The second kappa shape index (κ2) is 7.85. The average molecular weight is 389 g/mol. The van der Waals surface area contributed by atoms with Gasteiger partial charge in [0.1, 0.15) is 0 Å². The van der Waals surface area contributed by atoms with Gasteiger partial charge in [-0.1, -0.05) is 23.7 Å². The van der Waals surface area contributed by atoms with Crippen molar-refractivity contribution < 1.29 is 14.3 Å². The number of carbonyl (C=O) groups is 1. The first-order valence-electron chi connectivity index (χ1n) is 7.76. The van der Waals surface area contributed by atoms with Crippen molar-refractivity contribution in [2.24, 2.45) is 4.99 Å². The molecule has 134 valence electrons. The minimum Gasteiger partial charge on any atom is -0.493 e. The molecule has 0 unspecified atom stereocenters. The van der Waals surface area contributed by atoms with Gasteiger partial charge < -0.3 is 9.47 Å². The first kappa shape index (κ1) is 18.4. The first-order chi connectivity index (χ1) is 12.5. The number of para-hydroxylation sites is 1. The Morgan fingerprint density at radius 1 is 1.12 bits per heavy atom. The number of carbonyl (C=O) groups excluding carboxylic acids is 1. The van der Waals surface area contributed by atoms with Crippen LogP contribution in [0.2, 0.25) is 5.02 Å². The molecule has 1 fully saturated rings. The number of methoxy groups -OCH3 is 2. The molecule has 0 atom stereocenters. The number of rotatable bonds is 4. The molecular formula is C19H17ClN2O3S. The zero-order valence-electron chi connectivity index (χ0n) is 14.5. The molecule has 1 saturated heterocycles. The third kappa shape index (κ3) is 3.71. The van der Waals surface area contributed by atoms with Crippen molar-refractivity contribution in [3.05, 3.63) is 58.0 Å². The number of amidine groups is 1. The lowest BCUT2D eigenvalue weighted by atomic mass is 10.1. The maximum absolute atomic E-state index is 12.6. The molecule has 1 aliphatic rings. The van der Waals surface area contributed by atoms with Crippen LogP contribution in [0.5, 0.6) is 11.5 Å². The summed E-state index contributed by atoms with van der Waals surface area (Å²) in [6.07, 6.45) is 1.79. The van der Waals surface area contributed by atoms with E-state index < -0.39 is 0 Å². The van der Waals surface area contributed by atoms with Crippen LogP contribution in [0.4, 0.5) is 5.69 Å². The van der Waals surface area contributed by atoms with Gasteiger partial charge >= 0.3 is 0 Å². The fraction of sp³-hybridized carbons (Fsp3) is 0.158. The molecule has 2 aromatic carbocycles. The van der Waals surface area contributed by atoms with Gasteiger partial charge in [0.15, 0.2) is 16.7 Å². The third-order valence-electron chi connectivity index (χ3n) is 3.77. The lowest BCUT2D eigenvalue weighted by molar-refractivity contribution is -0.121. The van der Waals surface area contributed by atoms with Crippen molar-refractivity contribution in [2.75, 3.05) is 21.3 Å². The van der Waals surface area contributed by atoms with Gasteiger partial charge in [-0.05, 0) is 48.2 Å². The molecule has 0 saturated carbocycles. The average Bonchev–Trinajstić information content (AvgIpc) is 2.91. The molecule has 2 aromatic rings. The molecule has 26 heavy (non-hydrogen) atoms. The Balaban J connectivity index is 1.94. The second-order valence-corrected chi connectivity index (χ2v) is 6.87. The summed E-state index contributed by atoms with van der Waals surface area (Å²) in [4.78, 5) is 19.2. The first-order valence-corrected chi connectivity index (χ1v) is 8.95. The third-order valence-corrected chi connectivity index (χ3v) is 5.09. The Bertz CT molecular complexity index is 894. The van der Waals surface area contributed by atoms with E-state index >= 15 is 0 Å². The van der Waals surface area contributed by atoms with Gasteiger partial charge in [-0.2, -0.15) is 0 Å². The summed E-state index contributed by atoms with van der Waals surface area (Å²) in [6.45, 7) is 0. The minimum atomic E-state index is -0.118. The van der Waals surface area contributed by atoms with Gasteiger partial charge in [0.05, 0.1) is 24.8 Å². The minimum absolute atomic E-state index is 0.118. The highest BCUT2D eigenvalue weighted by Gasteiger charge is 2.30. The van der Waals surface area contributed by atoms with Crippen molar-refractivity contribution in [1.29, 1.82) is 0 Å². The Hall–Kier alpha value is -2.44.